The van der Waals surface area contributed by atoms with Gasteiger partial charge in [-0.05, 0) is 107 Å². The molecule has 52 nitrogen and oxygen atoms in total. The summed E-state index contributed by atoms with van der Waals surface area (Å²) in [5.74, 6) is -16.0. The predicted octanol–water partition coefficient (Wildman–Crippen LogP) is -6.15. The Morgan fingerprint density at radius 2 is 1.18 bits per heavy atom. The third-order valence-electron chi connectivity index (χ3n) is 24.8. The number of carbonyl (C=O) groups excluding carboxylic acids is 16. The van der Waals surface area contributed by atoms with Gasteiger partial charge in [-0.3, -0.25) is 103 Å². The number of rotatable bonds is 66. The quantitative estimate of drug-likeness (QED) is 0.0108. The number of aromatic amines is 1. The molecular formula is C96H156N26O26. The molecule has 3 aliphatic rings. The Bertz CT molecular complexity index is 4730. The summed E-state index contributed by atoms with van der Waals surface area (Å²) in [6.07, 6.45) is 9.99. The fourth-order valence-corrected chi connectivity index (χ4v) is 16.8. The number of amidine groups is 1. The summed E-state index contributed by atoms with van der Waals surface area (Å²) >= 11 is 0. The van der Waals surface area contributed by atoms with Gasteiger partial charge in [-0.25, -0.2) is 5.53 Å². The number of carbonyl (C=O) groups is 17. The number of benzene rings is 2. The molecule has 2 aromatic carbocycles. The van der Waals surface area contributed by atoms with Crippen LogP contribution in [0.3, 0.4) is 0 Å². The summed E-state index contributed by atoms with van der Waals surface area (Å²) in [6.45, 7) is -3.80. The number of aliphatic carboxylic acids is 1. The van der Waals surface area contributed by atoms with Crippen LogP contribution in [-0.2, 0) is 104 Å². The van der Waals surface area contributed by atoms with Crippen molar-refractivity contribution in [3.63, 3.8) is 0 Å². The number of carboxylic acids is 1. The van der Waals surface area contributed by atoms with Crippen LogP contribution >= 0.6 is 0 Å². The molecule has 4 unspecified atom stereocenters. The highest BCUT2D eigenvalue weighted by Crippen LogP contribution is 2.25. The van der Waals surface area contributed by atoms with Crippen LogP contribution in [0.4, 0.5) is 0 Å². The van der Waals surface area contributed by atoms with Crippen LogP contribution in [0.1, 0.15) is 217 Å². The Hall–Kier alpha value is -12.9. The fraction of sp³-hybridized carbons (Fsp3) is 0.656. The summed E-state index contributed by atoms with van der Waals surface area (Å²) in [7, 11) is 0. The van der Waals surface area contributed by atoms with E-state index in [9.17, 15) is 93.3 Å². The molecule has 52 heteroatoms. The van der Waals surface area contributed by atoms with Gasteiger partial charge in [0.1, 0.15) is 85.1 Å². The van der Waals surface area contributed by atoms with Crippen molar-refractivity contribution in [1.29, 1.82) is 5.41 Å². The third kappa shape index (κ3) is 49.3. The first kappa shape index (κ1) is 124. The molecule has 0 radical (unpaired) electrons. The van der Waals surface area contributed by atoms with Gasteiger partial charge >= 0.3 is 5.97 Å². The van der Waals surface area contributed by atoms with Crippen molar-refractivity contribution in [2.24, 2.45) is 22.3 Å². The first-order valence-electron chi connectivity index (χ1n) is 51.0. The largest absolute Gasteiger partial charge is 0.480 e. The molecule has 2 fully saturated rings. The summed E-state index contributed by atoms with van der Waals surface area (Å²) in [5.41, 5.74) is 27.1. The van der Waals surface area contributed by atoms with Crippen LogP contribution in [0, 0.1) is 5.41 Å². The third-order valence-corrected chi connectivity index (χ3v) is 24.8. The van der Waals surface area contributed by atoms with Crippen molar-refractivity contribution >= 4 is 123 Å². The molecule has 0 aliphatic carbocycles. The number of amides is 16. The van der Waals surface area contributed by atoms with Gasteiger partial charge < -0.3 is 147 Å². The lowest BCUT2D eigenvalue weighted by atomic mass is 10.0. The topological polar surface area (TPSA) is 803 Å². The van der Waals surface area contributed by atoms with Crippen LogP contribution in [-0.4, -0.2) is 346 Å². The van der Waals surface area contributed by atoms with Crippen molar-refractivity contribution in [2.75, 3.05) is 98.5 Å². The Labute approximate surface area is 859 Å². The zero-order valence-corrected chi connectivity index (χ0v) is 84.3. The maximum Gasteiger partial charge on any atom is 0.317 e. The second-order valence-electron chi connectivity index (χ2n) is 36.9. The summed E-state index contributed by atoms with van der Waals surface area (Å²) in [6, 6.07) is -2.88. The second-order valence-corrected chi connectivity index (χ2v) is 36.9. The first-order valence-corrected chi connectivity index (χ1v) is 51.0. The monoisotopic (exact) mass is 2090 g/mol. The highest BCUT2D eigenvalue weighted by atomic mass is 16.5. The van der Waals surface area contributed by atoms with Crippen LogP contribution in [0.15, 0.2) is 65.9 Å². The van der Waals surface area contributed by atoms with Crippen molar-refractivity contribution < 1.29 is 127 Å². The van der Waals surface area contributed by atoms with Gasteiger partial charge in [0, 0.05) is 101 Å². The SMILES string of the molecule is CCCC[C@H](NC(=O)[C@H](CCCCNC(O)CN(CC(=O)O)CC(O)O)NC(=O)[C@H](CO)NC(=O)[C@H](CCC(N)=O)NC(=O)[C@H](CO)NC(=O)CNC(=O)COCCOCCNC(=O)CCCCCCCCCCCCCCCC1=NNNN1)C(=O)N[C@H]1CCC(=O)NCCCCC(C(N)=O)NC(=O)C(Cc2c[nH]c3ccccc23)NC(=O)C(CCCNC(=N)N)NC(=O)[C@@H](Cc2ccccc2)NC(=O)[C@@H]2C[C@@H](O)CN2C1=O. The van der Waals surface area contributed by atoms with Crippen LogP contribution in [0.5, 0.6) is 0 Å². The number of unbranched alkanes of at least 4 members (excludes halogenated alkanes) is 14. The number of guanidine groups is 1. The molecule has 3 aromatic rings. The van der Waals surface area contributed by atoms with Gasteiger partial charge in [-0.2, -0.15) is 0 Å². The zero-order valence-electron chi connectivity index (χ0n) is 84.3. The number of hydrogen-bond donors (Lipinski definition) is 30. The van der Waals surface area contributed by atoms with Crippen LogP contribution in [0.2, 0.25) is 0 Å². The molecule has 4 heterocycles. The van der Waals surface area contributed by atoms with Gasteiger partial charge in [-0.15, -0.1) is 10.6 Å². The number of ether oxygens (including phenoxy) is 2. The number of hydrogen-bond acceptors (Lipinski definition) is 32. The first-order chi connectivity index (χ1) is 71.0. The van der Waals surface area contributed by atoms with E-state index in [2.05, 4.69) is 106 Å². The van der Waals surface area contributed by atoms with Gasteiger partial charge in [0.25, 0.3) is 0 Å². The zero-order chi connectivity index (χ0) is 108. The number of H-pyrrole nitrogens is 1. The van der Waals surface area contributed by atoms with Gasteiger partial charge in [0.15, 0.2) is 12.2 Å². The van der Waals surface area contributed by atoms with Crippen LogP contribution in [0.25, 0.3) is 10.9 Å². The second kappa shape index (κ2) is 70.1. The molecule has 6 rings (SSSR count). The summed E-state index contributed by atoms with van der Waals surface area (Å²) in [5, 5.41) is 123. The van der Waals surface area contributed by atoms with E-state index in [0.29, 0.717) is 34.9 Å². The minimum atomic E-state index is -2.02. The van der Waals surface area contributed by atoms with E-state index in [1.807, 2.05) is 0 Å². The number of fused-ring (bicyclic) bond motifs is 2. The van der Waals surface area contributed by atoms with E-state index < -0.39 is 270 Å². The highest BCUT2D eigenvalue weighted by molar-refractivity contribution is 6.01. The van der Waals surface area contributed by atoms with Crippen molar-refractivity contribution in [3.8, 4) is 0 Å². The normalized spacial score (nSPS) is 18.9. The molecular weight excluding hydrogens is 1930 g/mol. The Kier molecular flexibility index (Phi) is 58.6. The minimum Gasteiger partial charge on any atom is -0.480 e. The number of nitrogens with zero attached hydrogens (tertiary/aromatic N) is 3. The molecule has 1 aromatic heterocycles. The van der Waals surface area contributed by atoms with Crippen molar-refractivity contribution in [1.82, 2.24) is 111 Å². The van der Waals surface area contributed by atoms with E-state index in [-0.39, 0.29) is 129 Å². The molecule has 16 amide bonds. The smallest absolute Gasteiger partial charge is 0.317 e. The standard InChI is InChI=1S/C96H156N26O26/c1-2-3-30-66(87(138)113-70-38-40-79(128)101-41-24-22-32-65(85(98)136)108-91(142)72(49-61-51-105-64-31-21-20-29-63(61)64)114-88(139)68(34-26-43-104-96(99)100)110-90(141)71(48-60-27-16-15-17-28-60)115-94(145)75-50-62(125)53-122(75)95(70)146)109-86(137)67(33-23-25-42-102-81(130)54-121(55-83(132)133)56-84(134)135)111-93(144)74(58-124)116-89(140)69(37-39-76(97)126)112-92(143)73(57-123)107-80(129)52-106-82(131)59-148-47-46-147-45-44-103-78(127)36-19-14-12-10-8-6-4-5-7-9-11-13-18-35-77-117-119-120-118-77/h15-17,20-21,27-29,31,51,62,65-75,81,83,102,105,119-120,123-125,130,132-133H,2-14,18-19,22-26,30,32-50,52-59H2,1H3,(H2,97,126)(H2,98,136)(H,101,128)(H,103,127)(H,106,131)(H,107,129)(H,108,142)(H,109,137)(H,110,141)(H,111,144)(H,112,143)(H,113,138)(H,114,139)(H,115,145)(H,116,140)(H,117,118)(H,134,135)(H4,99,100,104)/t62-,65?,66+,67+,68?,69+,70+,71-,72?,73+,74+,75+,81?/m1/s1. The number of aliphatic hydroxyl groups is 6. The van der Waals surface area contributed by atoms with Gasteiger partial charge in [-0.1, -0.05) is 139 Å². The molecule has 148 heavy (non-hydrogen) atoms. The van der Waals surface area contributed by atoms with E-state index in [1.54, 1.807) is 67.7 Å². The van der Waals surface area contributed by atoms with E-state index >= 15 is 24.0 Å². The molecule has 3 aliphatic heterocycles. The number of aromatic nitrogens is 1. The highest BCUT2D eigenvalue weighted by Gasteiger charge is 2.45. The Morgan fingerprint density at radius 1 is 0.581 bits per heavy atom. The maximum absolute atomic E-state index is 15.5. The number of carboxylic acid groups (broad SMARTS) is 1. The number of aliphatic hydroxyl groups excluding tert-OH is 5. The Balaban J connectivity index is 1.13. The van der Waals surface area contributed by atoms with Crippen molar-refractivity contribution in [2.45, 2.75) is 304 Å². The molecule has 2 saturated heterocycles. The number of nitrogens with one attached hydrogen (secondary N) is 20. The number of nitrogens with two attached hydrogens (primary N) is 3. The number of para-hydroxylation sites is 1. The average molecular weight is 2090 g/mol. The lowest BCUT2D eigenvalue weighted by Crippen LogP contribution is -2.61. The lowest BCUT2D eigenvalue weighted by molar-refractivity contribution is -0.143. The van der Waals surface area contributed by atoms with E-state index in [0.717, 1.165) is 54.2 Å². The van der Waals surface area contributed by atoms with Gasteiger partial charge in [0.2, 0.25) is 94.5 Å². The molecule has 0 saturated carbocycles. The van der Waals surface area contributed by atoms with Crippen LogP contribution < -0.4 is 113 Å². The number of primary amides is 2. The molecule has 33 N–H and O–H groups in total. The Morgan fingerprint density at radius 3 is 1.82 bits per heavy atom. The molecule has 0 bridgehead atoms. The predicted molar refractivity (Wildman–Crippen MR) is 538 cm³/mol. The van der Waals surface area contributed by atoms with Gasteiger partial charge in [0.05, 0.1) is 52.2 Å². The number of hydrazine groups is 2. The van der Waals surface area contributed by atoms with E-state index in [4.69, 9.17) is 32.1 Å². The summed E-state index contributed by atoms with van der Waals surface area (Å²) in [4.78, 5) is 242. The van der Waals surface area contributed by atoms with Crippen molar-refractivity contribution in [3.05, 3.63) is 71.9 Å². The average Bonchev–Trinajstić information content (AvgIpc) is 1.66. The lowest BCUT2D eigenvalue weighted by Gasteiger charge is -2.31. The molecule has 0 spiro atoms. The number of hydrazone groups is 1. The molecule has 826 valence electrons. The maximum atomic E-state index is 15.5. The van der Waals surface area contributed by atoms with E-state index in [1.165, 1.54) is 51.4 Å². The summed E-state index contributed by atoms with van der Waals surface area (Å²) < 4.78 is 10.8. The minimum absolute atomic E-state index is 0.0246. The molecule has 13 atom stereocenters. The fourth-order valence-electron chi connectivity index (χ4n) is 16.8.